The van der Waals surface area contributed by atoms with E-state index in [9.17, 15) is 4.79 Å². The Morgan fingerprint density at radius 2 is 2.11 bits per heavy atom. The van der Waals surface area contributed by atoms with E-state index in [0.29, 0.717) is 6.54 Å². The summed E-state index contributed by atoms with van der Waals surface area (Å²) in [6.07, 6.45) is 0.284. The Labute approximate surface area is 114 Å². The first-order valence-electron chi connectivity index (χ1n) is 6.39. The molecule has 0 aliphatic heterocycles. The van der Waals surface area contributed by atoms with E-state index < -0.39 is 0 Å². The van der Waals surface area contributed by atoms with Gasteiger partial charge in [-0.3, -0.25) is 4.79 Å². The number of nitrogens with one attached hydrogen (secondary N) is 1. The molecule has 0 aliphatic rings. The lowest BCUT2D eigenvalue weighted by atomic mass is 9.95. The molecule has 0 saturated heterocycles. The van der Waals surface area contributed by atoms with Crippen molar-refractivity contribution in [1.82, 2.24) is 5.32 Å². The molecule has 0 bridgehead atoms. The zero-order valence-electron chi connectivity index (χ0n) is 12.1. The van der Waals surface area contributed by atoms with Crippen LogP contribution in [0.1, 0.15) is 25.0 Å². The lowest BCUT2D eigenvalue weighted by Crippen LogP contribution is -2.36. The molecule has 106 valence electrons. The number of carbonyl (C=O) groups excluding carboxylic acids is 1. The highest BCUT2D eigenvalue weighted by atomic mass is 16.5. The zero-order chi connectivity index (χ0) is 14.5. The molecule has 4 nitrogen and oxygen atoms in total. The average molecular weight is 265 g/mol. The molecule has 1 rings (SSSR count). The summed E-state index contributed by atoms with van der Waals surface area (Å²) in [4.78, 5) is 11.9. The van der Waals surface area contributed by atoms with Gasteiger partial charge >= 0.3 is 0 Å². The van der Waals surface area contributed by atoms with E-state index in [-0.39, 0.29) is 24.3 Å². The summed E-state index contributed by atoms with van der Waals surface area (Å²) in [7, 11) is 1.60. The molecule has 0 saturated carbocycles. The number of hydrogen-bond donors (Lipinski definition) is 2. The van der Waals surface area contributed by atoms with Crippen LogP contribution in [-0.4, -0.2) is 31.3 Å². The minimum Gasteiger partial charge on any atom is -0.496 e. The lowest BCUT2D eigenvalue weighted by Gasteiger charge is -2.22. The van der Waals surface area contributed by atoms with Crippen molar-refractivity contribution >= 4 is 5.91 Å². The quantitative estimate of drug-likeness (QED) is 0.822. The highest BCUT2D eigenvalue weighted by Crippen LogP contribution is 2.20. The van der Waals surface area contributed by atoms with Gasteiger partial charge in [0.05, 0.1) is 13.5 Å². The van der Waals surface area contributed by atoms with Crippen LogP contribution in [0.2, 0.25) is 0 Å². The molecule has 2 N–H and O–H groups in total. The van der Waals surface area contributed by atoms with E-state index in [2.05, 4.69) is 5.32 Å². The fraction of sp³-hybridized carbons (Fsp3) is 0.533. The molecular formula is C15H23NO3. The molecular weight excluding hydrogens is 242 g/mol. The van der Waals surface area contributed by atoms with Gasteiger partial charge in [-0.15, -0.1) is 0 Å². The van der Waals surface area contributed by atoms with Gasteiger partial charge in [0.25, 0.3) is 0 Å². The number of aliphatic hydroxyl groups excluding tert-OH is 1. The predicted octanol–water partition coefficient (Wildman–Crippen LogP) is 1.68. The largest absolute Gasteiger partial charge is 0.496 e. The number of aliphatic hydroxyl groups is 1. The van der Waals surface area contributed by atoms with Crippen LogP contribution in [0.3, 0.4) is 0 Å². The van der Waals surface area contributed by atoms with Crippen LogP contribution in [0.15, 0.2) is 18.2 Å². The molecule has 0 atom stereocenters. The first kappa shape index (κ1) is 15.5. The van der Waals surface area contributed by atoms with Crippen molar-refractivity contribution in [3.05, 3.63) is 29.3 Å². The normalized spacial score (nSPS) is 11.2. The van der Waals surface area contributed by atoms with E-state index in [0.717, 1.165) is 16.9 Å². The fourth-order valence-electron chi connectivity index (χ4n) is 1.67. The molecule has 0 heterocycles. The monoisotopic (exact) mass is 265 g/mol. The number of ether oxygens (including phenoxy) is 1. The number of rotatable bonds is 6. The van der Waals surface area contributed by atoms with E-state index in [1.54, 1.807) is 7.11 Å². The van der Waals surface area contributed by atoms with Crippen molar-refractivity contribution in [3.8, 4) is 5.75 Å². The fourth-order valence-corrected chi connectivity index (χ4v) is 1.67. The van der Waals surface area contributed by atoms with E-state index in [1.165, 1.54) is 0 Å². The van der Waals surface area contributed by atoms with Gasteiger partial charge in [-0.25, -0.2) is 0 Å². The summed E-state index contributed by atoms with van der Waals surface area (Å²) in [5.41, 5.74) is 1.67. The Balaban J connectivity index is 2.64. The molecule has 0 fully saturated rings. The Hall–Kier alpha value is -1.55. The van der Waals surface area contributed by atoms with Crippen LogP contribution in [0.5, 0.6) is 5.75 Å². The topological polar surface area (TPSA) is 58.6 Å². The molecule has 19 heavy (non-hydrogen) atoms. The zero-order valence-corrected chi connectivity index (χ0v) is 12.1. The van der Waals surface area contributed by atoms with Gasteiger partial charge in [0.2, 0.25) is 5.91 Å². The summed E-state index contributed by atoms with van der Waals surface area (Å²) < 4.78 is 5.25. The SMILES string of the molecule is COc1ccc(C)cc1CC(=O)NCC(C)(C)CO. The third kappa shape index (κ3) is 4.91. The highest BCUT2D eigenvalue weighted by Gasteiger charge is 2.18. The highest BCUT2D eigenvalue weighted by molar-refractivity contribution is 5.79. The molecule has 1 aromatic carbocycles. The molecule has 0 aliphatic carbocycles. The van der Waals surface area contributed by atoms with Gasteiger partial charge in [-0.1, -0.05) is 31.5 Å². The van der Waals surface area contributed by atoms with Gasteiger partial charge in [-0.2, -0.15) is 0 Å². The maximum absolute atomic E-state index is 11.9. The van der Waals surface area contributed by atoms with E-state index >= 15 is 0 Å². The number of amides is 1. The third-order valence-electron chi connectivity index (χ3n) is 2.98. The second-order valence-electron chi connectivity index (χ2n) is 5.59. The van der Waals surface area contributed by atoms with Gasteiger partial charge < -0.3 is 15.2 Å². The van der Waals surface area contributed by atoms with Crippen LogP contribution in [0.4, 0.5) is 0 Å². The minimum atomic E-state index is -0.299. The smallest absolute Gasteiger partial charge is 0.224 e. The number of benzene rings is 1. The number of aryl methyl sites for hydroxylation is 1. The molecule has 0 radical (unpaired) electrons. The second kappa shape index (κ2) is 6.57. The second-order valence-corrected chi connectivity index (χ2v) is 5.59. The lowest BCUT2D eigenvalue weighted by molar-refractivity contribution is -0.121. The van der Waals surface area contributed by atoms with Crippen LogP contribution in [-0.2, 0) is 11.2 Å². The minimum absolute atomic E-state index is 0.0427. The summed E-state index contributed by atoms with van der Waals surface area (Å²) >= 11 is 0. The van der Waals surface area contributed by atoms with Crippen molar-refractivity contribution in [3.63, 3.8) is 0 Å². The molecule has 4 heteroatoms. The van der Waals surface area contributed by atoms with Gasteiger partial charge in [0.1, 0.15) is 5.75 Å². The molecule has 1 aromatic rings. The van der Waals surface area contributed by atoms with Gasteiger partial charge in [-0.05, 0) is 13.0 Å². The van der Waals surface area contributed by atoms with Gasteiger partial charge in [0, 0.05) is 24.1 Å². The van der Waals surface area contributed by atoms with Crippen molar-refractivity contribution in [2.75, 3.05) is 20.3 Å². The van der Waals surface area contributed by atoms with Crippen molar-refractivity contribution in [2.45, 2.75) is 27.2 Å². The maximum atomic E-state index is 11.9. The van der Waals surface area contributed by atoms with Crippen molar-refractivity contribution in [1.29, 1.82) is 0 Å². The van der Waals surface area contributed by atoms with Crippen molar-refractivity contribution in [2.24, 2.45) is 5.41 Å². The summed E-state index contributed by atoms with van der Waals surface area (Å²) in [5.74, 6) is 0.660. The standard InChI is InChI=1S/C15H23NO3/c1-11-5-6-13(19-4)12(7-11)8-14(18)16-9-15(2,3)10-17/h5-7,17H,8-10H2,1-4H3,(H,16,18). The summed E-state index contributed by atoms with van der Waals surface area (Å²) in [6, 6.07) is 5.78. The molecule has 0 aromatic heterocycles. The summed E-state index contributed by atoms with van der Waals surface area (Å²) in [6.45, 7) is 6.29. The van der Waals surface area contributed by atoms with Crippen LogP contribution in [0, 0.1) is 12.3 Å². The molecule has 0 unspecified atom stereocenters. The van der Waals surface area contributed by atoms with Crippen LogP contribution >= 0.6 is 0 Å². The predicted molar refractivity (Wildman–Crippen MR) is 75.3 cm³/mol. The van der Waals surface area contributed by atoms with E-state index in [1.807, 2.05) is 39.0 Å². The van der Waals surface area contributed by atoms with E-state index in [4.69, 9.17) is 9.84 Å². The first-order valence-corrected chi connectivity index (χ1v) is 6.39. The van der Waals surface area contributed by atoms with Gasteiger partial charge in [0.15, 0.2) is 0 Å². The summed E-state index contributed by atoms with van der Waals surface area (Å²) in [5, 5.41) is 12.0. The number of hydrogen-bond acceptors (Lipinski definition) is 3. The van der Waals surface area contributed by atoms with Crippen LogP contribution in [0.25, 0.3) is 0 Å². The van der Waals surface area contributed by atoms with Crippen LogP contribution < -0.4 is 10.1 Å². The Morgan fingerprint density at radius 1 is 1.42 bits per heavy atom. The number of carbonyl (C=O) groups is 1. The molecule has 1 amide bonds. The Kier molecular flexibility index (Phi) is 5.36. The third-order valence-corrected chi connectivity index (χ3v) is 2.98. The Bertz CT molecular complexity index is 441. The average Bonchev–Trinajstić information content (AvgIpc) is 2.37. The molecule has 0 spiro atoms. The number of methoxy groups -OCH3 is 1. The first-order chi connectivity index (χ1) is 8.88. The van der Waals surface area contributed by atoms with Crippen molar-refractivity contribution < 1.29 is 14.6 Å². The maximum Gasteiger partial charge on any atom is 0.224 e. The Morgan fingerprint density at radius 3 is 2.68 bits per heavy atom.